The molecule has 1 heterocycles. The molecule has 0 aliphatic heterocycles. The minimum absolute atomic E-state index is 0.0724. The lowest BCUT2D eigenvalue weighted by molar-refractivity contribution is -0.0245. The fraction of sp³-hybridized carbons (Fsp3) is 0.500. The molecule has 0 N–H and O–H groups in total. The molecule has 2 bridgehead atoms. The first kappa shape index (κ1) is 17.9. The maximum atomic E-state index is 12.7. The topological polar surface area (TPSA) is 56.5 Å². The first-order chi connectivity index (χ1) is 12.1. The van der Waals surface area contributed by atoms with E-state index in [0.29, 0.717) is 16.3 Å². The van der Waals surface area contributed by atoms with Crippen LogP contribution < -0.4 is 5.63 Å². The van der Waals surface area contributed by atoms with Gasteiger partial charge in [0.25, 0.3) is 0 Å². The van der Waals surface area contributed by atoms with Gasteiger partial charge in [-0.3, -0.25) is 0 Å². The second kappa shape index (κ2) is 5.74. The number of hydrogen-bond acceptors (Lipinski definition) is 4. The van der Waals surface area contributed by atoms with Crippen molar-refractivity contribution in [1.29, 1.82) is 0 Å². The van der Waals surface area contributed by atoms with Gasteiger partial charge in [-0.25, -0.2) is 9.59 Å². The standard InChI is InChI=1S/C20H20Cl2O4/c1-19(2)11-4-5-20(19,3)15(8-11)25-17(23)13-7-10-6-12(21)9-14(22)16(10)26-18(13)24/h6-7,9,11,15H,4-5,8H2,1-3H3. The molecule has 0 saturated heterocycles. The molecule has 138 valence electrons. The Morgan fingerprint density at radius 2 is 1.96 bits per heavy atom. The van der Waals surface area contributed by atoms with E-state index in [1.807, 2.05) is 0 Å². The van der Waals surface area contributed by atoms with E-state index in [1.165, 1.54) is 12.1 Å². The van der Waals surface area contributed by atoms with Crippen LogP contribution in [0.4, 0.5) is 0 Å². The number of ether oxygens (including phenoxy) is 1. The van der Waals surface area contributed by atoms with E-state index in [9.17, 15) is 9.59 Å². The summed E-state index contributed by atoms with van der Waals surface area (Å²) in [5, 5.41) is 1.12. The van der Waals surface area contributed by atoms with Gasteiger partial charge in [-0.1, -0.05) is 44.0 Å². The molecule has 0 amide bonds. The zero-order valence-electron chi connectivity index (χ0n) is 14.9. The first-order valence-corrected chi connectivity index (χ1v) is 9.53. The minimum atomic E-state index is -0.751. The Morgan fingerprint density at radius 1 is 1.23 bits per heavy atom. The van der Waals surface area contributed by atoms with Gasteiger partial charge in [-0.05, 0) is 48.8 Å². The summed E-state index contributed by atoms with van der Waals surface area (Å²) in [6, 6.07) is 4.54. The highest BCUT2D eigenvalue weighted by molar-refractivity contribution is 6.38. The molecule has 1 aromatic heterocycles. The maximum absolute atomic E-state index is 12.7. The molecule has 6 heteroatoms. The van der Waals surface area contributed by atoms with E-state index in [-0.39, 0.29) is 33.1 Å². The third-order valence-electron chi connectivity index (χ3n) is 6.93. The average Bonchev–Trinajstić information content (AvgIpc) is 2.88. The van der Waals surface area contributed by atoms with E-state index in [1.54, 1.807) is 6.07 Å². The van der Waals surface area contributed by atoms with Crippen LogP contribution in [0.15, 0.2) is 27.4 Å². The molecule has 4 nitrogen and oxygen atoms in total. The molecule has 4 rings (SSSR count). The fourth-order valence-corrected chi connectivity index (χ4v) is 5.35. The second-order valence-electron chi connectivity index (χ2n) is 8.26. The highest BCUT2D eigenvalue weighted by atomic mass is 35.5. The number of rotatable bonds is 2. The summed E-state index contributed by atoms with van der Waals surface area (Å²) in [4.78, 5) is 25.0. The van der Waals surface area contributed by atoms with Gasteiger partial charge in [-0.2, -0.15) is 0 Å². The van der Waals surface area contributed by atoms with Gasteiger partial charge in [0.05, 0.1) is 5.02 Å². The van der Waals surface area contributed by atoms with Crippen molar-refractivity contribution in [2.45, 2.75) is 46.1 Å². The molecule has 0 spiro atoms. The van der Waals surface area contributed by atoms with Gasteiger partial charge in [0.1, 0.15) is 11.7 Å². The number of carbonyl (C=O) groups excluding carboxylic acids is 1. The molecule has 3 unspecified atom stereocenters. The van der Waals surface area contributed by atoms with Gasteiger partial charge in [0.15, 0.2) is 5.58 Å². The van der Waals surface area contributed by atoms with Crippen LogP contribution in [0.25, 0.3) is 11.0 Å². The van der Waals surface area contributed by atoms with Gasteiger partial charge >= 0.3 is 11.6 Å². The normalized spacial score (nSPS) is 29.3. The Kier molecular flexibility index (Phi) is 3.94. The Morgan fingerprint density at radius 3 is 2.58 bits per heavy atom. The van der Waals surface area contributed by atoms with Crippen molar-refractivity contribution in [2.24, 2.45) is 16.7 Å². The Labute approximate surface area is 161 Å². The second-order valence-corrected chi connectivity index (χ2v) is 9.10. The lowest BCUT2D eigenvalue weighted by Gasteiger charge is -2.38. The summed E-state index contributed by atoms with van der Waals surface area (Å²) in [5.74, 6) is -0.109. The Hall–Kier alpha value is -1.52. The number of carbonyl (C=O) groups is 1. The molecule has 2 aromatic rings. The van der Waals surface area contributed by atoms with Gasteiger partial charge in [0, 0.05) is 15.8 Å². The summed E-state index contributed by atoms with van der Waals surface area (Å²) >= 11 is 12.1. The van der Waals surface area contributed by atoms with Crippen molar-refractivity contribution < 1.29 is 13.9 Å². The third-order valence-corrected chi connectivity index (χ3v) is 7.43. The molecule has 2 aliphatic rings. The van der Waals surface area contributed by atoms with Gasteiger partial charge < -0.3 is 9.15 Å². The number of halogens is 2. The van der Waals surface area contributed by atoms with Crippen molar-refractivity contribution in [3.05, 3.63) is 44.2 Å². The lowest BCUT2D eigenvalue weighted by atomic mass is 9.70. The fourth-order valence-electron chi connectivity index (χ4n) is 4.80. The molecule has 3 atom stereocenters. The summed E-state index contributed by atoms with van der Waals surface area (Å²) in [5.41, 5.74) is -0.616. The largest absolute Gasteiger partial charge is 0.458 e. The summed E-state index contributed by atoms with van der Waals surface area (Å²) in [7, 11) is 0. The van der Waals surface area contributed by atoms with E-state index in [0.717, 1.165) is 19.3 Å². The number of esters is 1. The van der Waals surface area contributed by atoms with Crippen LogP contribution in [-0.4, -0.2) is 12.1 Å². The van der Waals surface area contributed by atoms with Crippen LogP contribution >= 0.6 is 23.2 Å². The van der Waals surface area contributed by atoms with Crippen LogP contribution in [0.1, 0.15) is 50.4 Å². The highest BCUT2D eigenvalue weighted by Gasteiger charge is 2.62. The monoisotopic (exact) mass is 394 g/mol. The highest BCUT2D eigenvalue weighted by Crippen LogP contribution is 2.66. The molecule has 0 radical (unpaired) electrons. The van der Waals surface area contributed by atoms with Crippen molar-refractivity contribution >= 4 is 40.1 Å². The van der Waals surface area contributed by atoms with E-state index >= 15 is 0 Å². The van der Waals surface area contributed by atoms with Gasteiger partial charge in [-0.15, -0.1) is 0 Å². The van der Waals surface area contributed by atoms with Crippen molar-refractivity contribution in [1.82, 2.24) is 0 Å². The van der Waals surface area contributed by atoms with Crippen LogP contribution in [0, 0.1) is 16.7 Å². The molecule has 2 saturated carbocycles. The van der Waals surface area contributed by atoms with Crippen molar-refractivity contribution in [3.8, 4) is 0 Å². The van der Waals surface area contributed by atoms with Crippen LogP contribution in [0.2, 0.25) is 10.0 Å². The van der Waals surface area contributed by atoms with E-state index in [2.05, 4.69) is 20.8 Å². The average molecular weight is 395 g/mol. The SMILES string of the molecule is CC1(C)C2CCC1(C)C(OC(=O)c1cc3cc(Cl)cc(Cl)c3oc1=O)C2. The van der Waals surface area contributed by atoms with Gasteiger partial charge in [0.2, 0.25) is 0 Å². The van der Waals surface area contributed by atoms with Crippen LogP contribution in [-0.2, 0) is 4.74 Å². The van der Waals surface area contributed by atoms with Crippen molar-refractivity contribution in [2.75, 3.05) is 0 Å². The third kappa shape index (κ3) is 2.42. The smallest absolute Gasteiger partial charge is 0.351 e. The number of hydrogen-bond donors (Lipinski definition) is 0. The molecule has 2 aliphatic carbocycles. The zero-order valence-corrected chi connectivity index (χ0v) is 16.4. The first-order valence-electron chi connectivity index (χ1n) is 8.77. The Balaban J connectivity index is 1.67. The molecular formula is C20H20Cl2O4. The molecule has 26 heavy (non-hydrogen) atoms. The zero-order chi connectivity index (χ0) is 18.9. The molecular weight excluding hydrogens is 375 g/mol. The van der Waals surface area contributed by atoms with Crippen molar-refractivity contribution in [3.63, 3.8) is 0 Å². The molecule has 1 aromatic carbocycles. The molecule has 2 fully saturated rings. The maximum Gasteiger partial charge on any atom is 0.351 e. The van der Waals surface area contributed by atoms with E-state index < -0.39 is 11.6 Å². The van der Waals surface area contributed by atoms with E-state index in [4.69, 9.17) is 32.4 Å². The Bertz CT molecular complexity index is 978. The van der Waals surface area contributed by atoms with Crippen LogP contribution in [0.5, 0.6) is 0 Å². The predicted octanol–water partition coefficient (Wildman–Crippen LogP) is 5.47. The number of benzene rings is 1. The summed E-state index contributed by atoms with van der Waals surface area (Å²) < 4.78 is 11.0. The minimum Gasteiger partial charge on any atom is -0.458 e. The summed E-state index contributed by atoms with van der Waals surface area (Å²) in [6.45, 7) is 6.67. The quantitative estimate of drug-likeness (QED) is 0.500. The predicted molar refractivity (Wildman–Crippen MR) is 101 cm³/mol. The van der Waals surface area contributed by atoms with Crippen LogP contribution in [0.3, 0.4) is 0 Å². The number of fused-ring (bicyclic) bond motifs is 3. The summed E-state index contributed by atoms with van der Waals surface area (Å²) in [6.07, 6.45) is 2.83. The lowest BCUT2D eigenvalue weighted by Crippen LogP contribution is -2.38.